The molecule has 1 heterocycles. The van der Waals surface area contributed by atoms with Gasteiger partial charge in [0, 0.05) is 25.7 Å². The lowest BCUT2D eigenvalue weighted by atomic mass is 10.1. The second kappa shape index (κ2) is 11.2. The van der Waals surface area contributed by atoms with Gasteiger partial charge in [0.05, 0.1) is 12.2 Å². The van der Waals surface area contributed by atoms with Gasteiger partial charge in [-0.1, -0.05) is 24.6 Å². The molecule has 0 bridgehead atoms. The van der Waals surface area contributed by atoms with Gasteiger partial charge in [0.15, 0.2) is 11.5 Å². The van der Waals surface area contributed by atoms with Gasteiger partial charge < -0.3 is 30.5 Å². The smallest absolute Gasteiger partial charge is 0.416 e. The number of nitrogens with two attached hydrogens (primary N) is 1. The highest BCUT2D eigenvalue weighted by molar-refractivity contribution is 5.74. The molecule has 0 aromatic heterocycles. The summed E-state index contributed by atoms with van der Waals surface area (Å²) in [6, 6.07) is 9.52. The fourth-order valence-electron chi connectivity index (χ4n) is 3.41. The maximum absolute atomic E-state index is 12.9. The summed E-state index contributed by atoms with van der Waals surface area (Å²) in [5.41, 5.74) is 6.32. The molecule has 0 radical (unpaired) electrons. The second-order valence-electron chi connectivity index (χ2n) is 7.91. The van der Waals surface area contributed by atoms with Crippen molar-refractivity contribution in [2.75, 3.05) is 19.9 Å². The number of nitrogens with zero attached hydrogens (tertiary/aromatic N) is 1. The van der Waals surface area contributed by atoms with Gasteiger partial charge in [-0.3, -0.25) is 0 Å². The van der Waals surface area contributed by atoms with Crippen LogP contribution in [0.25, 0.3) is 0 Å². The van der Waals surface area contributed by atoms with Gasteiger partial charge >= 0.3 is 12.2 Å². The number of fused-ring (bicyclic) bond motifs is 1. The van der Waals surface area contributed by atoms with E-state index in [1.165, 1.54) is 17.0 Å². The van der Waals surface area contributed by atoms with E-state index in [4.69, 9.17) is 20.3 Å². The first kappa shape index (κ1) is 24.7. The summed E-state index contributed by atoms with van der Waals surface area (Å²) in [7, 11) is 0. The number of rotatable bonds is 10. The molecule has 10 heteroatoms. The number of halogens is 3. The van der Waals surface area contributed by atoms with Gasteiger partial charge in [-0.25, -0.2) is 4.79 Å². The standard InChI is InChI=1S/C23H28F3N3O4/c24-23(25,26)18-7-4-16(5-8-18)12-29(22(31)28-10-2-1-3-19(27)14-30)13-17-6-9-20-21(11-17)33-15-32-20/h4-9,11,19,30H,1-3,10,12-15,27H2,(H,28,31). The van der Waals surface area contributed by atoms with Crippen LogP contribution in [-0.4, -0.2) is 42.0 Å². The van der Waals surface area contributed by atoms with Crippen LogP contribution in [0.4, 0.5) is 18.0 Å². The van der Waals surface area contributed by atoms with E-state index in [-0.39, 0.29) is 38.6 Å². The fourth-order valence-corrected chi connectivity index (χ4v) is 3.41. The minimum Gasteiger partial charge on any atom is -0.454 e. The average molecular weight is 467 g/mol. The minimum absolute atomic E-state index is 0.0806. The van der Waals surface area contributed by atoms with E-state index in [2.05, 4.69) is 5.32 Å². The molecule has 180 valence electrons. The number of carbonyl (C=O) groups is 1. The third-order valence-corrected chi connectivity index (χ3v) is 5.26. The lowest BCUT2D eigenvalue weighted by Crippen LogP contribution is -2.39. The van der Waals surface area contributed by atoms with Crippen LogP contribution in [-0.2, 0) is 19.3 Å². The molecule has 0 spiro atoms. The van der Waals surface area contributed by atoms with Crippen molar-refractivity contribution in [3.05, 3.63) is 59.2 Å². The van der Waals surface area contributed by atoms with Crippen molar-refractivity contribution < 1.29 is 32.5 Å². The highest BCUT2D eigenvalue weighted by atomic mass is 19.4. The molecule has 7 nitrogen and oxygen atoms in total. The summed E-state index contributed by atoms with van der Waals surface area (Å²) in [5.74, 6) is 1.21. The molecule has 1 atom stereocenters. The summed E-state index contributed by atoms with van der Waals surface area (Å²) >= 11 is 0. The van der Waals surface area contributed by atoms with E-state index in [9.17, 15) is 18.0 Å². The van der Waals surface area contributed by atoms with Crippen LogP contribution in [0.2, 0.25) is 0 Å². The molecule has 4 N–H and O–H groups in total. The number of hydrogen-bond acceptors (Lipinski definition) is 5. The SMILES string of the molecule is NC(CO)CCCCNC(=O)N(Cc1ccc(C(F)(F)F)cc1)Cc1ccc2c(c1)OCO2. The molecule has 2 aromatic rings. The van der Waals surface area contributed by atoms with Gasteiger partial charge in [0.2, 0.25) is 6.79 Å². The molecule has 1 unspecified atom stereocenters. The number of hydrogen-bond donors (Lipinski definition) is 3. The number of carbonyl (C=O) groups excluding carboxylic acids is 1. The number of benzene rings is 2. The quantitative estimate of drug-likeness (QED) is 0.464. The average Bonchev–Trinajstić information content (AvgIpc) is 3.25. The Labute approximate surface area is 190 Å². The van der Waals surface area contributed by atoms with Gasteiger partial charge in [-0.2, -0.15) is 13.2 Å². The highest BCUT2D eigenvalue weighted by Gasteiger charge is 2.30. The van der Waals surface area contributed by atoms with Gasteiger partial charge in [-0.15, -0.1) is 0 Å². The van der Waals surface area contributed by atoms with Crippen molar-refractivity contribution in [3.63, 3.8) is 0 Å². The molecule has 3 rings (SSSR count). The van der Waals surface area contributed by atoms with Crippen molar-refractivity contribution in [2.24, 2.45) is 5.73 Å². The van der Waals surface area contributed by atoms with Gasteiger partial charge in [0.1, 0.15) is 0 Å². The Morgan fingerprint density at radius 2 is 1.73 bits per heavy atom. The Morgan fingerprint density at radius 1 is 1.06 bits per heavy atom. The zero-order valence-electron chi connectivity index (χ0n) is 18.1. The second-order valence-corrected chi connectivity index (χ2v) is 7.91. The van der Waals surface area contributed by atoms with E-state index < -0.39 is 11.7 Å². The maximum atomic E-state index is 12.9. The maximum Gasteiger partial charge on any atom is 0.416 e. The number of ether oxygens (including phenoxy) is 2. The molecular weight excluding hydrogens is 439 g/mol. The van der Waals surface area contributed by atoms with Crippen LogP contribution in [0.3, 0.4) is 0 Å². The molecular formula is C23H28F3N3O4. The molecule has 2 aromatic carbocycles. The molecule has 2 amide bonds. The number of urea groups is 1. The first-order valence-electron chi connectivity index (χ1n) is 10.7. The van der Waals surface area contributed by atoms with E-state index in [0.717, 1.165) is 24.1 Å². The molecule has 1 aliphatic heterocycles. The van der Waals surface area contributed by atoms with Crippen LogP contribution in [0.1, 0.15) is 36.0 Å². The lowest BCUT2D eigenvalue weighted by molar-refractivity contribution is -0.137. The number of amides is 2. The van der Waals surface area contributed by atoms with E-state index >= 15 is 0 Å². The van der Waals surface area contributed by atoms with E-state index in [1.807, 2.05) is 6.07 Å². The third kappa shape index (κ3) is 7.26. The highest BCUT2D eigenvalue weighted by Crippen LogP contribution is 2.33. The molecule has 0 aliphatic carbocycles. The van der Waals surface area contributed by atoms with Crippen molar-refractivity contribution >= 4 is 6.03 Å². The van der Waals surface area contributed by atoms with E-state index in [1.54, 1.807) is 12.1 Å². The largest absolute Gasteiger partial charge is 0.454 e. The third-order valence-electron chi connectivity index (χ3n) is 5.26. The molecule has 33 heavy (non-hydrogen) atoms. The van der Waals surface area contributed by atoms with Crippen LogP contribution in [0.15, 0.2) is 42.5 Å². The zero-order valence-corrected chi connectivity index (χ0v) is 18.1. The van der Waals surface area contributed by atoms with Crippen molar-refractivity contribution in [2.45, 2.75) is 44.6 Å². The lowest BCUT2D eigenvalue weighted by Gasteiger charge is -2.24. The Kier molecular flexibility index (Phi) is 8.40. The Morgan fingerprint density at radius 3 is 2.42 bits per heavy atom. The summed E-state index contributed by atoms with van der Waals surface area (Å²) < 4.78 is 49.3. The van der Waals surface area contributed by atoms with Crippen molar-refractivity contribution in [3.8, 4) is 11.5 Å². The number of unbranched alkanes of at least 4 members (excludes halogenated alkanes) is 1. The van der Waals surface area contributed by atoms with Crippen LogP contribution in [0.5, 0.6) is 11.5 Å². The Bertz CT molecular complexity index is 922. The number of aliphatic hydroxyl groups excluding tert-OH is 1. The topological polar surface area (TPSA) is 97.0 Å². The monoisotopic (exact) mass is 467 g/mol. The van der Waals surface area contributed by atoms with Crippen LogP contribution < -0.4 is 20.5 Å². The summed E-state index contributed by atoms with van der Waals surface area (Å²) in [6.45, 7) is 0.839. The summed E-state index contributed by atoms with van der Waals surface area (Å²) in [5, 5.41) is 11.8. The Balaban J connectivity index is 1.65. The van der Waals surface area contributed by atoms with Gasteiger partial charge in [0.25, 0.3) is 0 Å². The normalized spacial score (nSPS) is 13.6. The molecule has 1 aliphatic rings. The van der Waals surface area contributed by atoms with Crippen LogP contribution in [0, 0.1) is 0 Å². The number of aliphatic hydroxyl groups is 1. The predicted octanol–water partition coefficient (Wildman–Crippen LogP) is 3.64. The van der Waals surface area contributed by atoms with E-state index in [0.29, 0.717) is 36.4 Å². The van der Waals surface area contributed by atoms with Crippen molar-refractivity contribution in [1.29, 1.82) is 0 Å². The predicted molar refractivity (Wildman–Crippen MR) is 116 cm³/mol. The Hall–Kier alpha value is -2.98. The fraction of sp³-hybridized carbons (Fsp3) is 0.435. The van der Waals surface area contributed by atoms with Gasteiger partial charge in [-0.05, 0) is 48.2 Å². The molecule has 0 fully saturated rings. The molecule has 0 saturated carbocycles. The van der Waals surface area contributed by atoms with Crippen molar-refractivity contribution in [1.82, 2.24) is 10.2 Å². The summed E-state index contributed by atoms with van der Waals surface area (Å²) in [4.78, 5) is 14.4. The first-order chi connectivity index (χ1) is 15.8. The van der Waals surface area contributed by atoms with Crippen LogP contribution >= 0.6 is 0 Å². The number of alkyl halides is 3. The minimum atomic E-state index is -4.42. The number of nitrogens with one attached hydrogen (secondary N) is 1. The molecule has 0 saturated heterocycles. The first-order valence-corrected chi connectivity index (χ1v) is 10.7. The zero-order chi connectivity index (χ0) is 23.8. The summed E-state index contributed by atoms with van der Waals surface area (Å²) in [6.07, 6.45) is -2.32.